The van der Waals surface area contributed by atoms with Crippen molar-refractivity contribution in [2.75, 3.05) is 0 Å². The third-order valence-corrected chi connectivity index (χ3v) is 0.971. The Kier molecular flexibility index (Phi) is 0.745. The minimum absolute atomic E-state index is 0.477. The third-order valence-electron chi connectivity index (χ3n) is 0.971. The molecule has 0 aliphatic heterocycles. The van der Waals surface area contributed by atoms with E-state index in [1.165, 1.54) is 6.39 Å². The largest absolute Gasteiger partial charge is 0.425 e. The molecule has 0 aromatic carbocycles. The molecule has 1 radical (unpaired) electrons. The van der Waals surface area contributed by atoms with Gasteiger partial charge in [0.2, 0.25) is 12.0 Å². The van der Waals surface area contributed by atoms with E-state index in [0.29, 0.717) is 11.2 Å². The summed E-state index contributed by atoms with van der Waals surface area (Å²) >= 11 is 0. The lowest BCUT2D eigenvalue weighted by Crippen LogP contribution is -1.75. The summed E-state index contributed by atoms with van der Waals surface area (Å²) in [7, 11) is 0. The number of rotatable bonds is 0. The van der Waals surface area contributed by atoms with Crippen LogP contribution in [0.25, 0.3) is 11.2 Å². The first-order valence-corrected chi connectivity index (χ1v) is 2.39. The second-order valence-electron chi connectivity index (χ2n) is 1.51. The van der Waals surface area contributed by atoms with E-state index in [9.17, 15) is 0 Å². The Morgan fingerprint density at radius 3 is 3.44 bits per heavy atom. The van der Waals surface area contributed by atoms with Crippen LogP contribution in [0.5, 0.6) is 0 Å². The molecule has 43 valence electrons. The molecule has 2 rings (SSSR count). The van der Waals surface area contributed by atoms with Gasteiger partial charge in [-0.05, 0) is 0 Å². The number of aromatic nitrogens is 3. The minimum atomic E-state index is 0.477. The van der Waals surface area contributed by atoms with Crippen molar-refractivity contribution in [2.24, 2.45) is 0 Å². The van der Waals surface area contributed by atoms with Crippen molar-refractivity contribution in [3.8, 4) is 0 Å². The Morgan fingerprint density at radius 2 is 2.56 bits per heavy atom. The van der Waals surface area contributed by atoms with Gasteiger partial charge in [0.15, 0.2) is 6.39 Å². The summed E-state index contributed by atoms with van der Waals surface area (Å²) < 4.78 is 4.82. The number of hydrogen-bond acceptors (Lipinski definition) is 4. The molecule has 4 nitrogen and oxygen atoms in total. The molecule has 0 N–H and O–H groups in total. The van der Waals surface area contributed by atoms with E-state index in [0.717, 1.165) is 0 Å². The molecule has 0 fully saturated rings. The van der Waals surface area contributed by atoms with Crippen LogP contribution in [0.2, 0.25) is 0 Å². The lowest BCUT2D eigenvalue weighted by atomic mass is 10.6. The van der Waals surface area contributed by atoms with Crippen molar-refractivity contribution in [1.29, 1.82) is 0 Å². The topological polar surface area (TPSA) is 51.8 Å². The predicted molar refractivity (Wildman–Crippen MR) is 28.4 cm³/mol. The SMILES string of the molecule is [c]1ncc2ncoc2n1. The molecule has 0 aliphatic rings. The zero-order chi connectivity index (χ0) is 6.10. The molecule has 0 unspecified atom stereocenters. The van der Waals surface area contributed by atoms with Gasteiger partial charge in [-0.15, -0.1) is 0 Å². The van der Waals surface area contributed by atoms with Gasteiger partial charge in [0.25, 0.3) is 0 Å². The molecular formula is C5H2N3O. The molecule has 0 bridgehead atoms. The van der Waals surface area contributed by atoms with Crippen LogP contribution in [0.3, 0.4) is 0 Å². The highest BCUT2D eigenvalue weighted by Crippen LogP contribution is 2.03. The highest BCUT2D eigenvalue weighted by Gasteiger charge is 1.94. The van der Waals surface area contributed by atoms with Crippen LogP contribution in [0.4, 0.5) is 0 Å². The van der Waals surface area contributed by atoms with E-state index in [1.807, 2.05) is 0 Å². The molecule has 0 atom stereocenters. The lowest BCUT2D eigenvalue weighted by Gasteiger charge is -1.77. The maximum Gasteiger partial charge on any atom is 0.250 e. The smallest absolute Gasteiger partial charge is 0.250 e. The average molecular weight is 120 g/mol. The van der Waals surface area contributed by atoms with E-state index < -0.39 is 0 Å². The van der Waals surface area contributed by atoms with Crippen LogP contribution in [-0.4, -0.2) is 15.0 Å². The molecule has 0 saturated heterocycles. The Bertz CT molecular complexity index is 286. The predicted octanol–water partition coefficient (Wildman–Crippen LogP) is 0.418. The van der Waals surface area contributed by atoms with Crippen LogP contribution >= 0.6 is 0 Å². The quantitative estimate of drug-likeness (QED) is 0.505. The highest BCUT2D eigenvalue weighted by molar-refractivity contribution is 5.64. The number of oxazole rings is 1. The van der Waals surface area contributed by atoms with Crippen molar-refractivity contribution in [3.63, 3.8) is 0 Å². The Hall–Kier alpha value is -1.45. The Balaban J connectivity index is 2.95. The molecule has 2 aromatic heterocycles. The minimum Gasteiger partial charge on any atom is -0.425 e. The molecule has 4 heteroatoms. The van der Waals surface area contributed by atoms with Crippen LogP contribution in [0.1, 0.15) is 0 Å². The zero-order valence-electron chi connectivity index (χ0n) is 4.40. The van der Waals surface area contributed by atoms with Gasteiger partial charge in [-0.3, -0.25) is 0 Å². The van der Waals surface area contributed by atoms with Gasteiger partial charge in [-0.25, -0.2) is 9.97 Å². The fourth-order valence-corrected chi connectivity index (χ4v) is 0.585. The standard InChI is InChI=1S/C5H2N3O/c1-4-5(7-2-6-1)9-3-8-4/h1,3H. The van der Waals surface area contributed by atoms with Crippen LogP contribution in [0.15, 0.2) is 17.0 Å². The van der Waals surface area contributed by atoms with Crippen molar-refractivity contribution >= 4 is 11.2 Å². The number of nitrogens with zero attached hydrogens (tertiary/aromatic N) is 3. The fourth-order valence-electron chi connectivity index (χ4n) is 0.585. The van der Waals surface area contributed by atoms with Crippen LogP contribution in [-0.2, 0) is 0 Å². The fraction of sp³-hybridized carbons (Fsp3) is 0. The second-order valence-corrected chi connectivity index (χ2v) is 1.51. The van der Waals surface area contributed by atoms with Crippen molar-refractivity contribution < 1.29 is 4.42 Å². The summed E-state index contributed by atoms with van der Waals surface area (Å²) in [5.74, 6) is 0. The molecule has 2 heterocycles. The molecule has 0 saturated carbocycles. The number of fused-ring (bicyclic) bond motifs is 1. The van der Waals surface area contributed by atoms with E-state index in [2.05, 4.69) is 21.3 Å². The first-order valence-electron chi connectivity index (χ1n) is 2.39. The molecule has 0 spiro atoms. The van der Waals surface area contributed by atoms with Gasteiger partial charge in [0.05, 0.1) is 6.20 Å². The number of hydrogen-bond donors (Lipinski definition) is 0. The normalized spacial score (nSPS) is 10.2. The molecule has 9 heavy (non-hydrogen) atoms. The molecular weight excluding hydrogens is 118 g/mol. The monoisotopic (exact) mass is 120 g/mol. The first kappa shape index (κ1) is 4.43. The summed E-state index contributed by atoms with van der Waals surface area (Å²) in [6.07, 6.45) is 5.26. The summed E-state index contributed by atoms with van der Waals surface area (Å²) in [6.45, 7) is 0. The average Bonchev–Trinajstić information content (AvgIpc) is 2.33. The molecule has 0 aliphatic carbocycles. The molecule has 0 amide bonds. The van der Waals surface area contributed by atoms with Gasteiger partial charge in [-0.2, -0.15) is 4.98 Å². The maximum absolute atomic E-state index is 4.82. The van der Waals surface area contributed by atoms with E-state index >= 15 is 0 Å². The summed E-state index contributed by atoms with van der Waals surface area (Å²) in [4.78, 5) is 11.1. The van der Waals surface area contributed by atoms with Gasteiger partial charge in [0, 0.05) is 0 Å². The summed E-state index contributed by atoms with van der Waals surface area (Å²) in [6, 6.07) is 0. The van der Waals surface area contributed by atoms with Crippen molar-refractivity contribution in [1.82, 2.24) is 15.0 Å². The van der Waals surface area contributed by atoms with Crippen molar-refractivity contribution in [2.45, 2.75) is 0 Å². The zero-order valence-corrected chi connectivity index (χ0v) is 4.40. The summed E-state index contributed by atoms with van der Waals surface area (Å²) in [5, 5.41) is 0. The summed E-state index contributed by atoms with van der Waals surface area (Å²) in [5.41, 5.74) is 1.14. The Labute approximate surface area is 50.6 Å². The van der Waals surface area contributed by atoms with Crippen molar-refractivity contribution in [3.05, 3.63) is 18.9 Å². The highest BCUT2D eigenvalue weighted by atomic mass is 16.3. The van der Waals surface area contributed by atoms with E-state index in [4.69, 9.17) is 4.42 Å². The van der Waals surface area contributed by atoms with Crippen LogP contribution in [0, 0.1) is 6.33 Å². The first-order chi connectivity index (χ1) is 4.47. The lowest BCUT2D eigenvalue weighted by molar-refractivity contribution is 0.589. The molecule has 2 aromatic rings. The van der Waals surface area contributed by atoms with Crippen LogP contribution < -0.4 is 0 Å². The van der Waals surface area contributed by atoms with E-state index in [-0.39, 0.29) is 0 Å². The van der Waals surface area contributed by atoms with Gasteiger partial charge in [-0.1, -0.05) is 0 Å². The third kappa shape index (κ3) is 0.561. The van der Waals surface area contributed by atoms with Gasteiger partial charge < -0.3 is 4.42 Å². The van der Waals surface area contributed by atoms with Gasteiger partial charge in [0.1, 0.15) is 5.52 Å². The van der Waals surface area contributed by atoms with Gasteiger partial charge >= 0.3 is 0 Å². The Morgan fingerprint density at radius 1 is 1.56 bits per heavy atom. The van der Waals surface area contributed by atoms with E-state index in [1.54, 1.807) is 6.20 Å². The second kappa shape index (κ2) is 1.51. The maximum atomic E-state index is 4.82.